The van der Waals surface area contributed by atoms with Gasteiger partial charge in [0, 0.05) is 50.8 Å². The van der Waals surface area contributed by atoms with Crippen LogP contribution in [-0.4, -0.2) is 42.6 Å². The van der Waals surface area contributed by atoms with Crippen molar-refractivity contribution in [3.05, 3.63) is 83.9 Å². The number of aryl methyl sites for hydroxylation is 2. The number of benzene rings is 2. The molecule has 0 saturated carbocycles. The quantitative estimate of drug-likeness (QED) is 0.509. The van der Waals surface area contributed by atoms with E-state index < -0.39 is 0 Å². The second-order valence-electron chi connectivity index (χ2n) is 8.93. The Labute approximate surface area is 185 Å². The van der Waals surface area contributed by atoms with Crippen molar-refractivity contribution in [3.8, 4) is 11.1 Å². The molecule has 0 aliphatic carbocycles. The average molecular weight is 418 g/mol. The third-order valence-electron chi connectivity index (χ3n) is 5.97. The van der Waals surface area contributed by atoms with Crippen molar-refractivity contribution in [2.45, 2.75) is 26.7 Å². The fourth-order valence-electron chi connectivity index (χ4n) is 4.37. The molecule has 1 saturated heterocycles. The molecule has 2 heterocycles. The number of hydrogen-bond acceptors (Lipinski definition) is 3. The molecule has 162 valence electrons. The highest BCUT2D eigenvalue weighted by atomic mass is 19.1. The van der Waals surface area contributed by atoms with Gasteiger partial charge in [0.1, 0.15) is 5.82 Å². The largest absolute Gasteiger partial charge is 0.369 e. The van der Waals surface area contributed by atoms with Crippen LogP contribution in [0, 0.1) is 11.7 Å². The molecule has 0 bridgehead atoms. The maximum absolute atomic E-state index is 14.2. The first-order chi connectivity index (χ1) is 15.1. The first kappa shape index (κ1) is 21.5. The van der Waals surface area contributed by atoms with Gasteiger partial charge in [0.05, 0.1) is 0 Å². The molecule has 4 heteroatoms. The number of rotatable bonds is 7. The zero-order valence-corrected chi connectivity index (χ0v) is 18.6. The summed E-state index contributed by atoms with van der Waals surface area (Å²) in [5, 5.41) is 0. The summed E-state index contributed by atoms with van der Waals surface area (Å²) in [4.78, 5) is 9.09. The van der Waals surface area contributed by atoms with E-state index in [9.17, 15) is 4.39 Å². The summed E-state index contributed by atoms with van der Waals surface area (Å²) >= 11 is 0. The Kier molecular flexibility index (Phi) is 6.98. The van der Waals surface area contributed by atoms with Crippen LogP contribution in [0.3, 0.4) is 0 Å². The number of anilines is 1. The Morgan fingerprint density at radius 2 is 1.48 bits per heavy atom. The smallest absolute Gasteiger partial charge is 0.124 e. The Morgan fingerprint density at radius 1 is 0.806 bits per heavy atom. The monoisotopic (exact) mass is 417 g/mol. The second-order valence-corrected chi connectivity index (χ2v) is 8.93. The summed E-state index contributed by atoms with van der Waals surface area (Å²) in [5.74, 6) is 0.543. The lowest BCUT2D eigenvalue weighted by molar-refractivity contribution is 0.231. The van der Waals surface area contributed by atoms with Crippen molar-refractivity contribution in [2.75, 3.05) is 37.6 Å². The normalized spacial score (nSPS) is 14.9. The molecule has 0 spiro atoms. The predicted octanol–water partition coefficient (Wildman–Crippen LogP) is 5.45. The van der Waals surface area contributed by atoms with Crippen molar-refractivity contribution in [1.29, 1.82) is 0 Å². The van der Waals surface area contributed by atoms with Crippen LogP contribution < -0.4 is 4.90 Å². The number of pyridine rings is 1. The van der Waals surface area contributed by atoms with Crippen LogP contribution >= 0.6 is 0 Å². The van der Waals surface area contributed by atoms with E-state index in [2.05, 4.69) is 59.0 Å². The molecule has 0 radical (unpaired) electrons. The minimum Gasteiger partial charge on any atom is -0.369 e. The lowest BCUT2D eigenvalue weighted by Gasteiger charge is -2.36. The molecule has 0 atom stereocenters. The van der Waals surface area contributed by atoms with Gasteiger partial charge in [-0.2, -0.15) is 0 Å². The lowest BCUT2D eigenvalue weighted by atomic mass is 9.99. The van der Waals surface area contributed by atoms with Crippen LogP contribution in [0.25, 0.3) is 11.1 Å². The number of piperazine rings is 1. The molecule has 0 unspecified atom stereocenters. The van der Waals surface area contributed by atoms with Crippen LogP contribution in [0.4, 0.5) is 10.1 Å². The van der Waals surface area contributed by atoms with Gasteiger partial charge in [0.15, 0.2) is 0 Å². The number of nitrogens with zero attached hydrogens (tertiary/aromatic N) is 3. The highest BCUT2D eigenvalue weighted by Crippen LogP contribution is 2.23. The highest BCUT2D eigenvalue weighted by Gasteiger charge is 2.17. The molecule has 2 aromatic carbocycles. The highest BCUT2D eigenvalue weighted by molar-refractivity contribution is 5.63. The van der Waals surface area contributed by atoms with E-state index in [1.54, 1.807) is 24.5 Å². The zero-order valence-electron chi connectivity index (χ0n) is 18.6. The lowest BCUT2D eigenvalue weighted by Crippen LogP contribution is -2.47. The van der Waals surface area contributed by atoms with E-state index in [0.29, 0.717) is 0 Å². The first-order valence-electron chi connectivity index (χ1n) is 11.3. The summed E-state index contributed by atoms with van der Waals surface area (Å²) in [5.41, 5.74) is 5.52. The molecule has 4 rings (SSSR count). The Morgan fingerprint density at radius 3 is 2.16 bits per heavy atom. The maximum atomic E-state index is 14.2. The van der Waals surface area contributed by atoms with E-state index in [4.69, 9.17) is 0 Å². The van der Waals surface area contributed by atoms with E-state index >= 15 is 0 Å². The molecule has 1 fully saturated rings. The SMILES string of the molecule is CC(C)CN1CCN(c2ccc(CCc3cc(F)cc(-c4ccncc4)c3)cc2)CC1. The summed E-state index contributed by atoms with van der Waals surface area (Å²) in [6, 6.07) is 18.1. The Hall–Kier alpha value is -2.72. The zero-order chi connectivity index (χ0) is 21.6. The average Bonchev–Trinajstić information content (AvgIpc) is 2.78. The van der Waals surface area contributed by atoms with Gasteiger partial charge < -0.3 is 4.90 Å². The number of hydrogen-bond donors (Lipinski definition) is 0. The molecular formula is C27H32FN3. The van der Waals surface area contributed by atoms with Gasteiger partial charge in [-0.15, -0.1) is 0 Å². The van der Waals surface area contributed by atoms with Gasteiger partial charge in [-0.3, -0.25) is 9.88 Å². The molecule has 3 aromatic rings. The second kappa shape index (κ2) is 10.1. The first-order valence-corrected chi connectivity index (χ1v) is 11.3. The molecule has 1 aromatic heterocycles. The summed E-state index contributed by atoms with van der Waals surface area (Å²) in [6.07, 6.45) is 5.21. The predicted molar refractivity (Wildman–Crippen MR) is 127 cm³/mol. The number of aromatic nitrogens is 1. The van der Waals surface area contributed by atoms with Crippen molar-refractivity contribution in [3.63, 3.8) is 0 Å². The molecule has 0 N–H and O–H groups in total. The minimum atomic E-state index is -0.184. The fourth-order valence-corrected chi connectivity index (χ4v) is 4.37. The summed E-state index contributed by atoms with van der Waals surface area (Å²) in [6.45, 7) is 10.2. The molecule has 3 nitrogen and oxygen atoms in total. The van der Waals surface area contributed by atoms with Gasteiger partial charge in [-0.05, 0) is 77.4 Å². The Bertz CT molecular complexity index is 962. The summed E-state index contributed by atoms with van der Waals surface area (Å²) in [7, 11) is 0. The van der Waals surface area contributed by atoms with Crippen LogP contribution in [-0.2, 0) is 12.8 Å². The number of halogens is 1. The van der Waals surface area contributed by atoms with Gasteiger partial charge >= 0.3 is 0 Å². The van der Waals surface area contributed by atoms with E-state index in [1.807, 2.05) is 12.1 Å². The fraction of sp³-hybridized carbons (Fsp3) is 0.370. The maximum Gasteiger partial charge on any atom is 0.124 e. The van der Waals surface area contributed by atoms with Crippen molar-refractivity contribution < 1.29 is 4.39 Å². The van der Waals surface area contributed by atoms with Crippen LogP contribution in [0.2, 0.25) is 0 Å². The van der Waals surface area contributed by atoms with Crippen LogP contribution in [0.1, 0.15) is 25.0 Å². The molecule has 1 aliphatic rings. The van der Waals surface area contributed by atoms with E-state index in [0.717, 1.165) is 61.6 Å². The van der Waals surface area contributed by atoms with Crippen LogP contribution in [0.15, 0.2) is 67.0 Å². The van der Waals surface area contributed by atoms with Crippen molar-refractivity contribution >= 4 is 5.69 Å². The molecule has 31 heavy (non-hydrogen) atoms. The molecule has 1 aliphatic heterocycles. The van der Waals surface area contributed by atoms with E-state index in [-0.39, 0.29) is 5.82 Å². The van der Waals surface area contributed by atoms with Gasteiger partial charge in [0.2, 0.25) is 0 Å². The van der Waals surface area contributed by atoms with Gasteiger partial charge in [-0.1, -0.05) is 32.0 Å². The Balaban J connectivity index is 1.35. The van der Waals surface area contributed by atoms with Crippen molar-refractivity contribution in [2.24, 2.45) is 5.92 Å². The third-order valence-corrected chi connectivity index (χ3v) is 5.97. The van der Waals surface area contributed by atoms with Gasteiger partial charge in [0.25, 0.3) is 0 Å². The van der Waals surface area contributed by atoms with Gasteiger partial charge in [-0.25, -0.2) is 4.39 Å². The standard InChI is InChI=1S/C27H32FN3/c1-21(2)20-30-13-15-31(16-14-30)27-7-5-22(6-8-27)3-4-23-17-25(19-26(28)18-23)24-9-11-29-12-10-24/h5-12,17-19,21H,3-4,13-16,20H2,1-2H3. The summed E-state index contributed by atoms with van der Waals surface area (Å²) < 4.78 is 14.2. The van der Waals surface area contributed by atoms with Crippen LogP contribution in [0.5, 0.6) is 0 Å². The topological polar surface area (TPSA) is 19.4 Å². The molecule has 0 amide bonds. The van der Waals surface area contributed by atoms with E-state index in [1.165, 1.54) is 17.8 Å². The minimum absolute atomic E-state index is 0.184. The van der Waals surface area contributed by atoms with Crippen molar-refractivity contribution in [1.82, 2.24) is 9.88 Å². The third kappa shape index (κ3) is 5.92. The molecular weight excluding hydrogens is 385 g/mol.